The van der Waals surface area contributed by atoms with E-state index in [9.17, 15) is 0 Å². The van der Waals surface area contributed by atoms with Crippen LogP contribution < -0.4 is 0 Å². The molecule has 0 aromatic heterocycles. The first kappa shape index (κ1) is 10.9. The highest BCUT2D eigenvalue weighted by molar-refractivity contribution is 6.18. The van der Waals surface area contributed by atoms with Crippen LogP contribution >= 0.6 is 11.6 Å². The summed E-state index contributed by atoms with van der Waals surface area (Å²) in [5.74, 6) is -0.394. The first-order chi connectivity index (χ1) is 7.18. The number of rotatable bonds is 2. The summed E-state index contributed by atoms with van der Waals surface area (Å²) < 4.78 is 11.3. The van der Waals surface area contributed by atoms with Crippen molar-refractivity contribution in [3.63, 3.8) is 0 Å². The zero-order valence-corrected chi connectivity index (χ0v) is 9.80. The van der Waals surface area contributed by atoms with Crippen LogP contribution in [-0.2, 0) is 15.3 Å². The second kappa shape index (κ2) is 4.12. The highest BCUT2D eigenvalue weighted by Crippen LogP contribution is 2.35. The molecule has 1 saturated heterocycles. The molecule has 3 heteroatoms. The fourth-order valence-corrected chi connectivity index (χ4v) is 2.20. The van der Waals surface area contributed by atoms with Gasteiger partial charge in [-0.3, -0.25) is 0 Å². The quantitative estimate of drug-likeness (QED) is 0.722. The Morgan fingerprint density at radius 1 is 1.27 bits per heavy atom. The van der Waals surface area contributed by atoms with Crippen molar-refractivity contribution in [1.29, 1.82) is 0 Å². The average Bonchev–Trinajstić information content (AvgIpc) is 2.71. The summed E-state index contributed by atoms with van der Waals surface area (Å²) in [4.78, 5) is 0. The van der Waals surface area contributed by atoms with Crippen molar-refractivity contribution < 1.29 is 9.47 Å². The van der Waals surface area contributed by atoms with Gasteiger partial charge in [0.25, 0.3) is 0 Å². The number of benzene rings is 1. The van der Waals surface area contributed by atoms with E-state index in [2.05, 4.69) is 25.1 Å². The standard InChI is InChI=1S/C12H15ClO2/c1-9-3-4-10(2)11(7-9)12(8-13)14-5-6-15-12/h3-4,7H,5-6,8H2,1-2H3. The van der Waals surface area contributed by atoms with Gasteiger partial charge in [-0.05, 0) is 19.4 Å². The summed E-state index contributed by atoms with van der Waals surface area (Å²) in [6, 6.07) is 6.24. The molecule has 1 aromatic rings. The van der Waals surface area contributed by atoms with Gasteiger partial charge in [-0.1, -0.05) is 23.8 Å². The molecule has 0 radical (unpaired) electrons. The van der Waals surface area contributed by atoms with Crippen molar-refractivity contribution in [2.45, 2.75) is 19.6 Å². The van der Waals surface area contributed by atoms with Crippen LogP contribution in [0.1, 0.15) is 16.7 Å². The molecule has 0 bridgehead atoms. The molecular formula is C12H15ClO2. The molecule has 0 atom stereocenters. The third kappa shape index (κ3) is 1.89. The second-order valence-electron chi connectivity index (χ2n) is 3.90. The molecular weight excluding hydrogens is 212 g/mol. The highest BCUT2D eigenvalue weighted by atomic mass is 35.5. The lowest BCUT2D eigenvalue weighted by molar-refractivity contribution is -0.146. The zero-order valence-electron chi connectivity index (χ0n) is 9.05. The summed E-state index contributed by atoms with van der Waals surface area (Å²) in [5.41, 5.74) is 3.40. The summed E-state index contributed by atoms with van der Waals surface area (Å²) in [6.45, 7) is 5.33. The van der Waals surface area contributed by atoms with E-state index < -0.39 is 5.79 Å². The maximum atomic E-state index is 5.97. The predicted octanol–water partition coefficient (Wildman–Crippen LogP) is 2.74. The van der Waals surface area contributed by atoms with Gasteiger partial charge in [-0.2, -0.15) is 0 Å². The summed E-state index contributed by atoms with van der Waals surface area (Å²) in [7, 11) is 0. The maximum absolute atomic E-state index is 5.97. The van der Waals surface area contributed by atoms with Crippen LogP contribution in [0.2, 0.25) is 0 Å². The fourth-order valence-electron chi connectivity index (χ4n) is 1.91. The Balaban J connectivity index is 2.46. The van der Waals surface area contributed by atoms with Gasteiger partial charge in [0.05, 0.1) is 19.1 Å². The molecule has 2 rings (SSSR count). The molecule has 1 heterocycles. The normalized spacial score (nSPS) is 19.4. The largest absolute Gasteiger partial charge is 0.342 e. The Hall–Kier alpha value is -0.570. The number of aryl methyl sites for hydroxylation is 2. The van der Waals surface area contributed by atoms with Crippen LogP contribution in [0.15, 0.2) is 18.2 Å². The Morgan fingerprint density at radius 3 is 2.53 bits per heavy atom. The Bertz CT molecular complexity index is 357. The Labute approximate surface area is 95.1 Å². The van der Waals surface area contributed by atoms with E-state index in [-0.39, 0.29) is 0 Å². The Kier molecular flexibility index (Phi) is 3.01. The second-order valence-corrected chi connectivity index (χ2v) is 4.17. The van der Waals surface area contributed by atoms with Gasteiger partial charge in [-0.15, -0.1) is 11.6 Å². The minimum Gasteiger partial charge on any atom is -0.342 e. The first-order valence-electron chi connectivity index (χ1n) is 5.09. The average molecular weight is 227 g/mol. The van der Waals surface area contributed by atoms with Crippen molar-refractivity contribution in [3.8, 4) is 0 Å². The third-order valence-corrected chi connectivity index (χ3v) is 3.08. The lowest BCUT2D eigenvalue weighted by Crippen LogP contribution is -2.30. The van der Waals surface area contributed by atoms with Crippen molar-refractivity contribution in [3.05, 3.63) is 34.9 Å². The van der Waals surface area contributed by atoms with Gasteiger partial charge in [-0.25, -0.2) is 0 Å². The van der Waals surface area contributed by atoms with Crippen LogP contribution in [0, 0.1) is 13.8 Å². The van der Waals surface area contributed by atoms with Crippen LogP contribution in [0.25, 0.3) is 0 Å². The smallest absolute Gasteiger partial charge is 0.209 e. The van der Waals surface area contributed by atoms with Gasteiger partial charge in [0.15, 0.2) is 0 Å². The van der Waals surface area contributed by atoms with E-state index in [4.69, 9.17) is 21.1 Å². The minimum atomic E-state index is -0.725. The molecule has 82 valence electrons. The lowest BCUT2D eigenvalue weighted by Gasteiger charge is -2.27. The molecule has 15 heavy (non-hydrogen) atoms. The monoisotopic (exact) mass is 226 g/mol. The molecule has 1 aromatic carbocycles. The number of hydrogen-bond acceptors (Lipinski definition) is 2. The SMILES string of the molecule is Cc1ccc(C)c(C2(CCl)OCCO2)c1. The molecule has 0 saturated carbocycles. The van der Waals surface area contributed by atoms with Gasteiger partial charge in [0.1, 0.15) is 0 Å². The van der Waals surface area contributed by atoms with Gasteiger partial charge >= 0.3 is 0 Å². The summed E-state index contributed by atoms with van der Waals surface area (Å²) >= 11 is 5.97. The van der Waals surface area contributed by atoms with Crippen LogP contribution in [0.4, 0.5) is 0 Å². The van der Waals surface area contributed by atoms with Gasteiger partial charge < -0.3 is 9.47 Å². The fraction of sp³-hybridized carbons (Fsp3) is 0.500. The zero-order chi connectivity index (χ0) is 10.9. The van der Waals surface area contributed by atoms with E-state index in [1.54, 1.807) is 0 Å². The van der Waals surface area contributed by atoms with Crippen LogP contribution in [0.3, 0.4) is 0 Å². The van der Waals surface area contributed by atoms with E-state index in [0.29, 0.717) is 19.1 Å². The number of halogens is 1. The predicted molar refractivity (Wildman–Crippen MR) is 60.2 cm³/mol. The van der Waals surface area contributed by atoms with Gasteiger partial charge in [0, 0.05) is 5.56 Å². The number of ether oxygens (including phenoxy) is 2. The lowest BCUT2D eigenvalue weighted by atomic mass is 9.99. The summed E-state index contributed by atoms with van der Waals surface area (Å²) in [5, 5.41) is 0. The van der Waals surface area contributed by atoms with Gasteiger partial charge in [0.2, 0.25) is 5.79 Å². The maximum Gasteiger partial charge on any atom is 0.209 e. The van der Waals surface area contributed by atoms with Crippen molar-refractivity contribution in [2.24, 2.45) is 0 Å². The molecule has 2 nitrogen and oxygen atoms in total. The third-order valence-electron chi connectivity index (χ3n) is 2.73. The number of alkyl halides is 1. The topological polar surface area (TPSA) is 18.5 Å². The van der Waals surface area contributed by atoms with E-state index in [0.717, 1.165) is 11.1 Å². The number of hydrogen-bond donors (Lipinski definition) is 0. The van der Waals surface area contributed by atoms with Crippen LogP contribution in [-0.4, -0.2) is 19.1 Å². The molecule has 1 aliphatic heterocycles. The molecule has 1 fully saturated rings. The van der Waals surface area contributed by atoms with E-state index in [1.165, 1.54) is 5.56 Å². The molecule has 1 aliphatic rings. The molecule has 0 spiro atoms. The molecule has 0 unspecified atom stereocenters. The molecule has 0 N–H and O–H groups in total. The van der Waals surface area contributed by atoms with Crippen LogP contribution in [0.5, 0.6) is 0 Å². The Morgan fingerprint density at radius 2 is 1.93 bits per heavy atom. The highest BCUT2D eigenvalue weighted by Gasteiger charge is 2.38. The van der Waals surface area contributed by atoms with Crippen molar-refractivity contribution in [1.82, 2.24) is 0 Å². The van der Waals surface area contributed by atoms with Crippen molar-refractivity contribution >= 4 is 11.6 Å². The molecule has 0 amide bonds. The molecule has 0 aliphatic carbocycles. The summed E-state index contributed by atoms with van der Waals surface area (Å²) in [6.07, 6.45) is 0. The van der Waals surface area contributed by atoms with E-state index in [1.807, 2.05) is 6.92 Å². The first-order valence-corrected chi connectivity index (χ1v) is 5.63. The van der Waals surface area contributed by atoms with Crippen molar-refractivity contribution in [2.75, 3.05) is 19.1 Å². The van der Waals surface area contributed by atoms with E-state index >= 15 is 0 Å². The minimum absolute atomic E-state index is 0.331.